The van der Waals surface area contributed by atoms with Crippen LogP contribution in [0.15, 0.2) is 16.4 Å². The fraction of sp³-hybridized carbons (Fsp3) is 0.571. The minimum atomic E-state index is -0.0975. The molecule has 0 aliphatic carbocycles. The van der Waals surface area contributed by atoms with Gasteiger partial charge in [0.05, 0.1) is 12.8 Å². The molecule has 0 amide bonds. The second kappa shape index (κ2) is 4.99. The molecular weight excluding hydrogens is 130 g/mol. The van der Waals surface area contributed by atoms with Crippen molar-refractivity contribution >= 4 is 6.21 Å². The van der Waals surface area contributed by atoms with Crippen LogP contribution in [-0.4, -0.2) is 25.0 Å². The monoisotopic (exact) mass is 143 g/mol. The van der Waals surface area contributed by atoms with Gasteiger partial charge in [0.15, 0.2) is 0 Å². The van der Waals surface area contributed by atoms with E-state index in [1.54, 1.807) is 13.1 Å². The van der Waals surface area contributed by atoms with Crippen LogP contribution in [0.5, 0.6) is 0 Å². The Labute approximate surface area is 61.0 Å². The highest BCUT2D eigenvalue weighted by atomic mass is 16.5. The van der Waals surface area contributed by atoms with E-state index in [1.165, 1.54) is 7.11 Å². The van der Waals surface area contributed by atoms with E-state index in [9.17, 15) is 0 Å². The Kier molecular flexibility index (Phi) is 4.58. The molecule has 0 aromatic rings. The van der Waals surface area contributed by atoms with E-state index in [2.05, 4.69) is 4.99 Å². The van der Waals surface area contributed by atoms with Gasteiger partial charge >= 0.3 is 0 Å². The van der Waals surface area contributed by atoms with Gasteiger partial charge in [0.1, 0.15) is 12.4 Å². The SMILES string of the molecule is CC=N/C(C)=C(/CO)OC. The maximum Gasteiger partial charge on any atom is 0.142 e. The number of hydrogen-bond acceptors (Lipinski definition) is 3. The van der Waals surface area contributed by atoms with Gasteiger partial charge in [0.25, 0.3) is 0 Å². The van der Waals surface area contributed by atoms with Crippen molar-refractivity contribution in [2.75, 3.05) is 13.7 Å². The first-order valence-corrected chi connectivity index (χ1v) is 3.09. The predicted octanol–water partition coefficient (Wildman–Crippen LogP) is 0.947. The van der Waals surface area contributed by atoms with Gasteiger partial charge in [-0.2, -0.15) is 0 Å². The Hall–Kier alpha value is -0.830. The van der Waals surface area contributed by atoms with Crippen LogP contribution in [0, 0.1) is 0 Å². The minimum absolute atomic E-state index is 0.0975. The molecule has 0 aliphatic rings. The lowest BCUT2D eigenvalue weighted by Gasteiger charge is -2.02. The average Bonchev–Trinajstić information content (AvgIpc) is 1.91. The number of ether oxygens (including phenoxy) is 1. The number of allylic oxidation sites excluding steroid dienone is 1. The largest absolute Gasteiger partial charge is 0.497 e. The molecule has 0 saturated heterocycles. The van der Waals surface area contributed by atoms with Gasteiger partial charge in [-0.3, -0.25) is 4.99 Å². The summed E-state index contributed by atoms with van der Waals surface area (Å²) in [7, 11) is 1.51. The summed E-state index contributed by atoms with van der Waals surface area (Å²) in [6, 6.07) is 0. The number of methoxy groups -OCH3 is 1. The molecule has 3 heteroatoms. The minimum Gasteiger partial charge on any atom is -0.497 e. The molecule has 58 valence electrons. The molecule has 0 radical (unpaired) electrons. The maximum absolute atomic E-state index is 8.67. The summed E-state index contributed by atoms with van der Waals surface area (Å²) in [5.41, 5.74) is 0.715. The summed E-state index contributed by atoms with van der Waals surface area (Å²) in [6.07, 6.45) is 1.66. The van der Waals surface area contributed by atoms with Gasteiger partial charge in [-0.1, -0.05) is 0 Å². The lowest BCUT2D eigenvalue weighted by Crippen LogP contribution is -1.95. The second-order valence-electron chi connectivity index (χ2n) is 1.76. The molecule has 0 bridgehead atoms. The lowest BCUT2D eigenvalue weighted by molar-refractivity contribution is 0.203. The van der Waals surface area contributed by atoms with Gasteiger partial charge < -0.3 is 9.84 Å². The third-order valence-electron chi connectivity index (χ3n) is 1.12. The van der Waals surface area contributed by atoms with Gasteiger partial charge in [-0.25, -0.2) is 0 Å². The molecule has 0 aromatic carbocycles. The molecule has 0 heterocycles. The zero-order chi connectivity index (χ0) is 7.98. The highest BCUT2D eigenvalue weighted by Gasteiger charge is 1.96. The van der Waals surface area contributed by atoms with Crippen LogP contribution in [0.2, 0.25) is 0 Å². The van der Waals surface area contributed by atoms with Crippen LogP contribution in [0.25, 0.3) is 0 Å². The molecular formula is C7H13NO2. The Balaban J connectivity index is 4.27. The number of hydrogen-bond donors (Lipinski definition) is 1. The Morgan fingerprint density at radius 3 is 2.60 bits per heavy atom. The number of rotatable bonds is 3. The quantitative estimate of drug-likeness (QED) is 0.472. The summed E-state index contributed by atoms with van der Waals surface area (Å²) in [5, 5.41) is 8.67. The molecule has 1 N–H and O–H groups in total. The molecule has 0 atom stereocenters. The van der Waals surface area contributed by atoms with Gasteiger partial charge in [0, 0.05) is 6.21 Å². The normalized spacial score (nSPS) is 13.6. The average molecular weight is 143 g/mol. The third kappa shape index (κ3) is 2.64. The smallest absolute Gasteiger partial charge is 0.142 e. The van der Waals surface area contributed by atoms with E-state index in [4.69, 9.17) is 9.84 Å². The third-order valence-corrected chi connectivity index (χ3v) is 1.12. The van der Waals surface area contributed by atoms with E-state index in [-0.39, 0.29) is 6.61 Å². The molecule has 0 aromatic heterocycles. The summed E-state index contributed by atoms with van der Waals surface area (Å²) in [6.45, 7) is 3.50. The number of aliphatic hydroxyl groups is 1. The summed E-state index contributed by atoms with van der Waals surface area (Å²) in [5.74, 6) is 0.512. The lowest BCUT2D eigenvalue weighted by atomic mass is 10.4. The fourth-order valence-corrected chi connectivity index (χ4v) is 0.592. The van der Waals surface area contributed by atoms with Crippen LogP contribution >= 0.6 is 0 Å². The van der Waals surface area contributed by atoms with Crippen molar-refractivity contribution in [1.82, 2.24) is 0 Å². The summed E-state index contributed by atoms with van der Waals surface area (Å²) < 4.78 is 4.83. The van der Waals surface area contributed by atoms with Crippen LogP contribution < -0.4 is 0 Å². The van der Waals surface area contributed by atoms with Crippen molar-refractivity contribution in [2.24, 2.45) is 4.99 Å². The van der Waals surface area contributed by atoms with E-state index in [0.29, 0.717) is 11.5 Å². The maximum atomic E-state index is 8.67. The van der Waals surface area contributed by atoms with Crippen molar-refractivity contribution in [3.63, 3.8) is 0 Å². The molecule has 0 saturated carbocycles. The molecule has 0 rings (SSSR count). The molecule has 0 fully saturated rings. The second-order valence-corrected chi connectivity index (χ2v) is 1.76. The highest BCUT2D eigenvalue weighted by molar-refractivity contribution is 5.55. The van der Waals surface area contributed by atoms with Crippen LogP contribution in [0.4, 0.5) is 0 Å². The van der Waals surface area contributed by atoms with Gasteiger partial charge in [-0.05, 0) is 13.8 Å². The number of aliphatic hydroxyl groups excluding tert-OH is 1. The van der Waals surface area contributed by atoms with Crippen LogP contribution in [-0.2, 0) is 4.74 Å². The van der Waals surface area contributed by atoms with Crippen molar-refractivity contribution in [3.05, 3.63) is 11.5 Å². The van der Waals surface area contributed by atoms with E-state index in [1.807, 2.05) is 6.92 Å². The van der Waals surface area contributed by atoms with E-state index >= 15 is 0 Å². The molecule has 0 aliphatic heterocycles. The fourth-order valence-electron chi connectivity index (χ4n) is 0.592. The Bertz CT molecular complexity index is 144. The zero-order valence-electron chi connectivity index (χ0n) is 6.59. The molecule has 0 spiro atoms. The molecule has 3 nitrogen and oxygen atoms in total. The topological polar surface area (TPSA) is 41.8 Å². The van der Waals surface area contributed by atoms with Crippen molar-refractivity contribution < 1.29 is 9.84 Å². The first kappa shape index (κ1) is 9.17. The Morgan fingerprint density at radius 2 is 2.30 bits per heavy atom. The van der Waals surface area contributed by atoms with Crippen molar-refractivity contribution in [2.45, 2.75) is 13.8 Å². The zero-order valence-corrected chi connectivity index (χ0v) is 6.59. The molecule has 0 unspecified atom stereocenters. The Morgan fingerprint density at radius 1 is 1.70 bits per heavy atom. The first-order valence-electron chi connectivity index (χ1n) is 3.09. The predicted molar refractivity (Wildman–Crippen MR) is 41.0 cm³/mol. The van der Waals surface area contributed by atoms with Crippen molar-refractivity contribution in [1.29, 1.82) is 0 Å². The standard InChI is InChI=1S/C7H13NO2/c1-4-8-6(2)7(5-9)10-3/h4,9H,5H2,1-3H3/b7-6-,8-4?. The number of aliphatic imine (C=N–C) groups is 1. The van der Waals surface area contributed by atoms with Gasteiger partial charge in [0.2, 0.25) is 0 Å². The van der Waals surface area contributed by atoms with Crippen molar-refractivity contribution in [3.8, 4) is 0 Å². The first-order chi connectivity index (χ1) is 4.76. The van der Waals surface area contributed by atoms with Gasteiger partial charge in [-0.15, -0.1) is 0 Å². The van der Waals surface area contributed by atoms with E-state index < -0.39 is 0 Å². The van der Waals surface area contributed by atoms with E-state index in [0.717, 1.165) is 0 Å². The summed E-state index contributed by atoms with van der Waals surface area (Å²) >= 11 is 0. The van der Waals surface area contributed by atoms with Crippen LogP contribution in [0.3, 0.4) is 0 Å². The van der Waals surface area contributed by atoms with Crippen LogP contribution in [0.1, 0.15) is 13.8 Å². The highest BCUT2D eigenvalue weighted by Crippen LogP contribution is 2.03. The summed E-state index contributed by atoms with van der Waals surface area (Å²) in [4.78, 5) is 3.94. The molecule has 10 heavy (non-hydrogen) atoms. The number of nitrogens with zero attached hydrogens (tertiary/aromatic N) is 1.